The van der Waals surface area contributed by atoms with E-state index in [-0.39, 0.29) is 0 Å². The lowest BCUT2D eigenvalue weighted by atomic mass is 10.1. The minimum Gasteiger partial charge on any atom is -0.334 e. The minimum atomic E-state index is 0.583. The number of hydrogen-bond acceptors (Lipinski definition) is 4. The summed E-state index contributed by atoms with van der Waals surface area (Å²) in [6.07, 6.45) is 5.41. The van der Waals surface area contributed by atoms with Crippen LogP contribution in [0.2, 0.25) is 0 Å². The van der Waals surface area contributed by atoms with Crippen molar-refractivity contribution in [2.45, 2.75) is 19.3 Å². The Bertz CT molecular complexity index is 550. The summed E-state index contributed by atoms with van der Waals surface area (Å²) in [7, 11) is 0. The molecule has 4 heteroatoms. The highest BCUT2D eigenvalue weighted by atomic mass is 16.5. The summed E-state index contributed by atoms with van der Waals surface area (Å²) in [6, 6.07) is 9.85. The SMILES string of the molecule is C(=C1/CCCNCC1)/c1noc(-c2ccccc2)n1. The van der Waals surface area contributed by atoms with E-state index in [2.05, 4.69) is 21.5 Å². The Morgan fingerprint density at radius 2 is 2.00 bits per heavy atom. The van der Waals surface area contributed by atoms with Crippen molar-refractivity contribution < 1.29 is 4.52 Å². The quantitative estimate of drug-likeness (QED) is 0.896. The van der Waals surface area contributed by atoms with E-state index >= 15 is 0 Å². The first-order valence-corrected chi connectivity index (χ1v) is 6.71. The lowest BCUT2D eigenvalue weighted by Crippen LogP contribution is -2.13. The van der Waals surface area contributed by atoms with Gasteiger partial charge in [0.05, 0.1) is 0 Å². The average Bonchev–Trinajstić information content (AvgIpc) is 2.76. The molecule has 19 heavy (non-hydrogen) atoms. The van der Waals surface area contributed by atoms with Gasteiger partial charge in [-0.1, -0.05) is 28.9 Å². The maximum atomic E-state index is 5.30. The third-order valence-electron chi connectivity index (χ3n) is 3.27. The van der Waals surface area contributed by atoms with Crippen LogP contribution in [0.15, 0.2) is 40.4 Å². The summed E-state index contributed by atoms with van der Waals surface area (Å²) in [5.74, 6) is 1.26. The zero-order valence-electron chi connectivity index (χ0n) is 10.8. The zero-order valence-corrected chi connectivity index (χ0v) is 10.8. The molecular formula is C15H17N3O. The molecule has 0 aliphatic carbocycles. The first-order valence-electron chi connectivity index (χ1n) is 6.71. The number of hydrogen-bond donors (Lipinski definition) is 1. The van der Waals surface area contributed by atoms with Crippen molar-refractivity contribution in [3.63, 3.8) is 0 Å². The maximum Gasteiger partial charge on any atom is 0.258 e. The molecule has 2 heterocycles. The Morgan fingerprint density at radius 3 is 2.89 bits per heavy atom. The summed E-state index contributed by atoms with van der Waals surface area (Å²) in [5.41, 5.74) is 2.35. The molecule has 0 atom stereocenters. The van der Waals surface area contributed by atoms with E-state index < -0.39 is 0 Å². The Balaban J connectivity index is 1.79. The van der Waals surface area contributed by atoms with Crippen LogP contribution in [0.25, 0.3) is 17.5 Å². The number of nitrogens with one attached hydrogen (secondary N) is 1. The molecule has 1 aliphatic heterocycles. The maximum absolute atomic E-state index is 5.30. The zero-order chi connectivity index (χ0) is 12.9. The highest BCUT2D eigenvalue weighted by molar-refractivity contribution is 5.54. The third-order valence-corrected chi connectivity index (χ3v) is 3.27. The molecule has 1 saturated heterocycles. The largest absolute Gasteiger partial charge is 0.334 e. The number of rotatable bonds is 2. The molecule has 0 saturated carbocycles. The van der Waals surface area contributed by atoms with Crippen molar-refractivity contribution >= 4 is 6.08 Å². The molecule has 2 aromatic rings. The van der Waals surface area contributed by atoms with Crippen LogP contribution >= 0.6 is 0 Å². The summed E-state index contributed by atoms with van der Waals surface area (Å²) in [4.78, 5) is 4.43. The van der Waals surface area contributed by atoms with Crippen LogP contribution in [0.3, 0.4) is 0 Å². The molecule has 0 spiro atoms. The van der Waals surface area contributed by atoms with Crippen molar-refractivity contribution in [3.05, 3.63) is 41.7 Å². The van der Waals surface area contributed by atoms with E-state index in [0.29, 0.717) is 11.7 Å². The van der Waals surface area contributed by atoms with E-state index in [9.17, 15) is 0 Å². The van der Waals surface area contributed by atoms with E-state index in [1.807, 2.05) is 30.3 Å². The lowest BCUT2D eigenvalue weighted by molar-refractivity contribution is 0.428. The summed E-state index contributed by atoms with van der Waals surface area (Å²) in [6.45, 7) is 2.13. The normalized spacial score (nSPS) is 18.4. The van der Waals surface area contributed by atoms with E-state index in [1.54, 1.807) is 0 Å². The van der Waals surface area contributed by atoms with Crippen molar-refractivity contribution in [2.75, 3.05) is 13.1 Å². The monoisotopic (exact) mass is 255 g/mol. The van der Waals surface area contributed by atoms with Crippen LogP contribution < -0.4 is 5.32 Å². The Morgan fingerprint density at radius 1 is 1.11 bits per heavy atom. The topological polar surface area (TPSA) is 51.0 Å². The number of aromatic nitrogens is 2. The van der Waals surface area contributed by atoms with Gasteiger partial charge in [0.15, 0.2) is 5.82 Å². The van der Waals surface area contributed by atoms with Gasteiger partial charge in [-0.3, -0.25) is 0 Å². The fourth-order valence-electron chi connectivity index (χ4n) is 2.26. The first-order chi connectivity index (χ1) is 9.42. The molecule has 1 N–H and O–H groups in total. The predicted octanol–water partition coefficient (Wildman–Crippen LogP) is 2.89. The van der Waals surface area contributed by atoms with Gasteiger partial charge in [-0.25, -0.2) is 0 Å². The Hall–Kier alpha value is -1.94. The van der Waals surface area contributed by atoms with E-state index in [0.717, 1.165) is 31.5 Å². The molecule has 0 radical (unpaired) electrons. The first kappa shape index (κ1) is 12.1. The van der Waals surface area contributed by atoms with Gasteiger partial charge >= 0.3 is 0 Å². The smallest absolute Gasteiger partial charge is 0.258 e. The standard InChI is InChI=1S/C15H17N3O/c1-2-6-13(7-3-1)15-17-14(18-19-15)11-12-5-4-9-16-10-8-12/h1-3,6-7,11,16H,4-5,8-10H2/b12-11+. The highest BCUT2D eigenvalue weighted by Gasteiger charge is 2.09. The fraction of sp³-hybridized carbons (Fsp3) is 0.333. The molecule has 0 unspecified atom stereocenters. The van der Waals surface area contributed by atoms with Gasteiger partial charge in [0, 0.05) is 5.56 Å². The summed E-state index contributed by atoms with van der Waals surface area (Å²) >= 11 is 0. The van der Waals surface area contributed by atoms with Crippen molar-refractivity contribution in [2.24, 2.45) is 0 Å². The summed E-state index contributed by atoms with van der Waals surface area (Å²) < 4.78 is 5.30. The van der Waals surface area contributed by atoms with Gasteiger partial charge in [-0.05, 0) is 50.6 Å². The minimum absolute atomic E-state index is 0.583. The van der Waals surface area contributed by atoms with Crippen molar-refractivity contribution in [3.8, 4) is 11.5 Å². The number of benzene rings is 1. The fourth-order valence-corrected chi connectivity index (χ4v) is 2.26. The highest BCUT2D eigenvalue weighted by Crippen LogP contribution is 2.19. The second kappa shape index (κ2) is 5.80. The Labute approximate surface area is 112 Å². The van der Waals surface area contributed by atoms with E-state index in [1.165, 1.54) is 12.0 Å². The van der Waals surface area contributed by atoms with Gasteiger partial charge in [0.1, 0.15) is 0 Å². The molecule has 4 nitrogen and oxygen atoms in total. The van der Waals surface area contributed by atoms with Crippen LogP contribution in [-0.2, 0) is 0 Å². The van der Waals surface area contributed by atoms with Gasteiger partial charge < -0.3 is 9.84 Å². The molecule has 1 aromatic carbocycles. The molecule has 3 rings (SSSR count). The van der Waals surface area contributed by atoms with Crippen LogP contribution in [-0.4, -0.2) is 23.2 Å². The van der Waals surface area contributed by atoms with Crippen LogP contribution in [0, 0.1) is 0 Å². The summed E-state index contributed by atoms with van der Waals surface area (Å²) in [5, 5.41) is 7.42. The van der Waals surface area contributed by atoms with Gasteiger partial charge in [0.2, 0.25) is 0 Å². The van der Waals surface area contributed by atoms with Crippen LogP contribution in [0.1, 0.15) is 25.1 Å². The second-order valence-electron chi connectivity index (χ2n) is 4.73. The molecule has 1 aliphatic rings. The predicted molar refractivity (Wildman–Crippen MR) is 74.4 cm³/mol. The third kappa shape index (κ3) is 3.09. The Kier molecular flexibility index (Phi) is 3.70. The molecule has 0 amide bonds. The van der Waals surface area contributed by atoms with Crippen LogP contribution in [0.5, 0.6) is 0 Å². The van der Waals surface area contributed by atoms with E-state index in [4.69, 9.17) is 4.52 Å². The van der Waals surface area contributed by atoms with Gasteiger partial charge in [-0.2, -0.15) is 4.98 Å². The number of nitrogens with zero attached hydrogens (tertiary/aromatic N) is 2. The van der Waals surface area contributed by atoms with Crippen molar-refractivity contribution in [1.29, 1.82) is 0 Å². The molecular weight excluding hydrogens is 238 g/mol. The van der Waals surface area contributed by atoms with Gasteiger partial charge in [-0.15, -0.1) is 0 Å². The van der Waals surface area contributed by atoms with Gasteiger partial charge in [0.25, 0.3) is 5.89 Å². The van der Waals surface area contributed by atoms with Crippen LogP contribution in [0.4, 0.5) is 0 Å². The van der Waals surface area contributed by atoms with Crippen molar-refractivity contribution in [1.82, 2.24) is 15.5 Å². The molecule has 98 valence electrons. The second-order valence-corrected chi connectivity index (χ2v) is 4.73. The molecule has 0 bridgehead atoms. The molecule has 1 aromatic heterocycles. The lowest BCUT2D eigenvalue weighted by Gasteiger charge is -1.98. The molecule has 1 fully saturated rings. The average molecular weight is 255 g/mol.